The second kappa shape index (κ2) is 7.01. The Morgan fingerprint density at radius 2 is 1.79 bits per heavy atom. The summed E-state index contributed by atoms with van der Waals surface area (Å²) in [7, 11) is 1.93. The van der Waals surface area contributed by atoms with Gasteiger partial charge in [-0.3, -0.25) is 4.90 Å². The van der Waals surface area contributed by atoms with E-state index in [9.17, 15) is 4.79 Å². The second-order valence-electron chi connectivity index (χ2n) is 7.46. The number of nitrogens with one attached hydrogen (secondary N) is 1. The molecule has 5 heteroatoms. The third-order valence-corrected chi connectivity index (χ3v) is 5.19. The molecule has 0 atom stereocenters. The van der Waals surface area contributed by atoms with Crippen molar-refractivity contribution in [2.75, 3.05) is 38.5 Å². The minimum absolute atomic E-state index is 0.148. The summed E-state index contributed by atoms with van der Waals surface area (Å²) in [5.41, 5.74) is 2.12. The highest BCUT2D eigenvalue weighted by Crippen LogP contribution is 2.41. The molecule has 24 heavy (non-hydrogen) atoms. The number of nitrogens with zero attached hydrogens (tertiary/aromatic N) is 2. The van der Waals surface area contributed by atoms with Gasteiger partial charge in [0.25, 0.3) is 0 Å². The van der Waals surface area contributed by atoms with Crippen molar-refractivity contribution in [2.45, 2.75) is 38.8 Å². The summed E-state index contributed by atoms with van der Waals surface area (Å²) < 4.78 is 5.74. The second-order valence-corrected chi connectivity index (χ2v) is 7.46. The molecular weight excluding hydrogens is 302 g/mol. The summed E-state index contributed by atoms with van der Waals surface area (Å²) in [4.78, 5) is 16.6. The van der Waals surface area contributed by atoms with Crippen molar-refractivity contribution in [2.24, 2.45) is 5.92 Å². The first-order chi connectivity index (χ1) is 11.5. The van der Waals surface area contributed by atoms with Crippen LogP contribution in [-0.4, -0.2) is 54.7 Å². The van der Waals surface area contributed by atoms with Crippen LogP contribution in [0.2, 0.25) is 0 Å². The molecule has 0 radical (unpaired) electrons. The van der Waals surface area contributed by atoms with Crippen LogP contribution in [0, 0.1) is 5.92 Å². The summed E-state index contributed by atoms with van der Waals surface area (Å²) >= 11 is 0. The van der Waals surface area contributed by atoms with Crippen LogP contribution in [0.15, 0.2) is 24.3 Å². The highest BCUT2D eigenvalue weighted by atomic mass is 16.6. The lowest BCUT2D eigenvalue weighted by Gasteiger charge is -2.36. The summed E-state index contributed by atoms with van der Waals surface area (Å²) in [6.45, 7) is 8.28. The van der Waals surface area contributed by atoms with Gasteiger partial charge in [-0.1, -0.05) is 12.1 Å². The highest BCUT2D eigenvalue weighted by molar-refractivity contribution is 5.68. The first-order valence-corrected chi connectivity index (χ1v) is 8.95. The molecule has 2 fully saturated rings. The Kier molecular flexibility index (Phi) is 4.99. The van der Waals surface area contributed by atoms with Gasteiger partial charge in [-0.25, -0.2) is 4.79 Å². The number of amides is 1. The van der Waals surface area contributed by atoms with E-state index in [0.29, 0.717) is 5.92 Å². The number of anilines is 1. The smallest absolute Gasteiger partial charge is 0.410 e. The van der Waals surface area contributed by atoms with Crippen LogP contribution in [0.4, 0.5) is 10.5 Å². The lowest BCUT2D eigenvalue weighted by molar-refractivity contribution is -0.00818. The zero-order valence-corrected chi connectivity index (χ0v) is 15.0. The fraction of sp³-hybridized carbons (Fsp3) is 0.632. The molecule has 1 aliphatic heterocycles. The standard InChI is InChI=1S/C19H29N3O2/c1-19(2,16-6-7-16)24-18(23)22-12-10-21(11-13-22)14-15-4-8-17(20-3)9-5-15/h4-5,8-9,16,20H,6-7,10-14H2,1-3H3. The molecule has 1 N–H and O–H groups in total. The Bertz CT molecular complexity index is 558. The molecule has 1 amide bonds. The highest BCUT2D eigenvalue weighted by Gasteiger charge is 2.41. The van der Waals surface area contributed by atoms with Gasteiger partial charge in [0.15, 0.2) is 0 Å². The molecule has 0 unspecified atom stereocenters. The first-order valence-electron chi connectivity index (χ1n) is 8.95. The Balaban J connectivity index is 1.45. The minimum Gasteiger partial charge on any atom is -0.443 e. The van der Waals surface area contributed by atoms with Gasteiger partial charge < -0.3 is 15.0 Å². The normalized spacial score (nSPS) is 19.2. The van der Waals surface area contributed by atoms with E-state index in [1.54, 1.807) is 0 Å². The molecule has 0 bridgehead atoms. The van der Waals surface area contributed by atoms with Crippen LogP contribution in [-0.2, 0) is 11.3 Å². The molecule has 1 heterocycles. The fourth-order valence-electron chi connectivity index (χ4n) is 3.28. The summed E-state index contributed by atoms with van der Waals surface area (Å²) in [5.74, 6) is 0.545. The number of rotatable bonds is 5. The van der Waals surface area contributed by atoms with Gasteiger partial charge in [0.1, 0.15) is 5.60 Å². The van der Waals surface area contributed by atoms with Crippen LogP contribution in [0.5, 0.6) is 0 Å². The number of hydrogen-bond donors (Lipinski definition) is 1. The number of benzene rings is 1. The molecule has 2 aliphatic rings. The van der Waals surface area contributed by atoms with Crippen molar-refractivity contribution < 1.29 is 9.53 Å². The fourth-order valence-corrected chi connectivity index (χ4v) is 3.28. The Morgan fingerprint density at radius 1 is 1.17 bits per heavy atom. The van der Waals surface area contributed by atoms with Gasteiger partial charge in [-0.05, 0) is 50.3 Å². The van der Waals surface area contributed by atoms with Crippen molar-refractivity contribution in [3.05, 3.63) is 29.8 Å². The van der Waals surface area contributed by atoms with Gasteiger partial charge in [-0.2, -0.15) is 0 Å². The van der Waals surface area contributed by atoms with Gasteiger partial charge in [0.05, 0.1) is 0 Å². The van der Waals surface area contributed by atoms with E-state index in [0.717, 1.165) is 38.4 Å². The van der Waals surface area contributed by atoms with E-state index in [-0.39, 0.29) is 11.7 Å². The van der Waals surface area contributed by atoms with Crippen molar-refractivity contribution in [1.82, 2.24) is 9.80 Å². The SMILES string of the molecule is CNc1ccc(CN2CCN(C(=O)OC(C)(C)C3CC3)CC2)cc1. The molecule has 1 aromatic rings. The Hall–Kier alpha value is -1.75. The lowest BCUT2D eigenvalue weighted by atomic mass is 10.0. The van der Waals surface area contributed by atoms with E-state index in [4.69, 9.17) is 4.74 Å². The van der Waals surface area contributed by atoms with Crippen LogP contribution in [0.3, 0.4) is 0 Å². The van der Waals surface area contributed by atoms with Gasteiger partial charge in [0, 0.05) is 45.5 Å². The molecule has 1 aromatic carbocycles. The predicted octanol–water partition coefficient (Wildman–Crippen LogP) is 3.17. The summed E-state index contributed by atoms with van der Waals surface area (Å²) in [6, 6.07) is 8.51. The average Bonchev–Trinajstić information content (AvgIpc) is 3.41. The number of hydrogen-bond acceptors (Lipinski definition) is 4. The minimum atomic E-state index is -0.316. The quantitative estimate of drug-likeness (QED) is 0.900. The van der Waals surface area contributed by atoms with E-state index in [1.807, 2.05) is 25.8 Å². The zero-order valence-electron chi connectivity index (χ0n) is 15.0. The third kappa shape index (κ3) is 4.20. The first kappa shape index (κ1) is 17.1. The number of carbonyl (C=O) groups is 1. The predicted molar refractivity (Wildman–Crippen MR) is 96.1 cm³/mol. The zero-order chi connectivity index (χ0) is 17.2. The van der Waals surface area contributed by atoms with Gasteiger partial charge >= 0.3 is 6.09 Å². The lowest BCUT2D eigenvalue weighted by Crippen LogP contribution is -2.50. The van der Waals surface area contributed by atoms with Gasteiger partial charge in [-0.15, -0.1) is 0 Å². The van der Waals surface area contributed by atoms with Crippen molar-refractivity contribution in [1.29, 1.82) is 0 Å². The van der Waals surface area contributed by atoms with Crippen LogP contribution >= 0.6 is 0 Å². The van der Waals surface area contributed by atoms with Crippen molar-refractivity contribution in [3.8, 4) is 0 Å². The molecule has 1 saturated carbocycles. The number of ether oxygens (including phenoxy) is 1. The molecule has 0 spiro atoms. The van der Waals surface area contributed by atoms with E-state index < -0.39 is 0 Å². The molecule has 0 aromatic heterocycles. The molecular formula is C19H29N3O2. The molecule has 1 saturated heterocycles. The van der Waals surface area contributed by atoms with Crippen molar-refractivity contribution in [3.63, 3.8) is 0 Å². The topological polar surface area (TPSA) is 44.8 Å². The van der Waals surface area contributed by atoms with E-state index in [2.05, 4.69) is 34.5 Å². The monoisotopic (exact) mass is 331 g/mol. The maximum Gasteiger partial charge on any atom is 0.410 e. The molecule has 1 aliphatic carbocycles. The van der Waals surface area contributed by atoms with Crippen molar-refractivity contribution >= 4 is 11.8 Å². The maximum atomic E-state index is 12.4. The van der Waals surface area contributed by atoms with Crippen LogP contribution in [0.25, 0.3) is 0 Å². The van der Waals surface area contributed by atoms with Gasteiger partial charge in [0.2, 0.25) is 0 Å². The number of piperazine rings is 1. The summed E-state index contributed by atoms with van der Waals surface area (Å²) in [5, 5.41) is 3.14. The maximum absolute atomic E-state index is 12.4. The third-order valence-electron chi connectivity index (χ3n) is 5.19. The van der Waals surface area contributed by atoms with E-state index in [1.165, 1.54) is 18.4 Å². The average molecular weight is 331 g/mol. The largest absolute Gasteiger partial charge is 0.443 e. The molecule has 3 rings (SSSR count). The number of carbonyl (C=O) groups excluding carboxylic acids is 1. The summed E-state index contributed by atoms with van der Waals surface area (Å²) in [6.07, 6.45) is 2.21. The Morgan fingerprint density at radius 3 is 2.33 bits per heavy atom. The van der Waals surface area contributed by atoms with E-state index >= 15 is 0 Å². The molecule has 5 nitrogen and oxygen atoms in total. The van der Waals surface area contributed by atoms with Crippen LogP contribution < -0.4 is 5.32 Å². The molecule has 132 valence electrons. The Labute approximate surface area is 145 Å². The van der Waals surface area contributed by atoms with Crippen LogP contribution in [0.1, 0.15) is 32.3 Å².